The van der Waals surface area contributed by atoms with Gasteiger partial charge in [-0.25, -0.2) is 9.37 Å². The molecule has 3 aromatic rings. The number of aryl methyl sites for hydroxylation is 1. The Morgan fingerprint density at radius 1 is 1.24 bits per heavy atom. The number of thiocarbonyl (C=S) groups is 1. The van der Waals surface area contributed by atoms with Crippen LogP contribution in [0.1, 0.15) is 50.1 Å². The molecule has 1 amide bonds. The SMILES string of the molecule is C/C=C/C(F)(F)c1cc(N2C(=O)C3(CCC3)N(c3cc(F)c4nc(CC)nc(OCCO)c4c3)C2=S)ccc1C#N. The van der Waals surface area contributed by atoms with Gasteiger partial charge in [-0.3, -0.25) is 9.69 Å². The number of amides is 1. The minimum absolute atomic E-state index is 0.0117. The van der Waals surface area contributed by atoms with Crippen LogP contribution >= 0.6 is 12.2 Å². The van der Waals surface area contributed by atoms with Crippen LogP contribution in [0.2, 0.25) is 0 Å². The van der Waals surface area contributed by atoms with Crippen molar-refractivity contribution in [2.45, 2.75) is 51.0 Å². The Kier molecular flexibility index (Phi) is 7.44. The maximum absolute atomic E-state index is 15.6. The lowest BCUT2D eigenvalue weighted by molar-refractivity contribution is -0.123. The summed E-state index contributed by atoms with van der Waals surface area (Å²) in [5.74, 6) is -4.12. The Labute approximate surface area is 239 Å². The number of ether oxygens (including phenoxy) is 1. The Morgan fingerprint density at radius 3 is 2.61 bits per heavy atom. The van der Waals surface area contributed by atoms with Crippen LogP contribution in [0.4, 0.5) is 24.5 Å². The van der Waals surface area contributed by atoms with Crippen LogP contribution in [0.5, 0.6) is 5.88 Å². The zero-order chi connectivity index (χ0) is 29.5. The number of alkyl halides is 2. The first kappa shape index (κ1) is 28.4. The van der Waals surface area contributed by atoms with E-state index in [-0.39, 0.29) is 52.0 Å². The van der Waals surface area contributed by atoms with Gasteiger partial charge in [0.1, 0.15) is 23.5 Å². The van der Waals surface area contributed by atoms with Crippen molar-refractivity contribution in [3.05, 3.63) is 65.3 Å². The summed E-state index contributed by atoms with van der Waals surface area (Å²) < 4.78 is 51.1. The predicted molar refractivity (Wildman–Crippen MR) is 150 cm³/mol. The molecule has 8 nitrogen and oxygen atoms in total. The summed E-state index contributed by atoms with van der Waals surface area (Å²) in [5.41, 5.74) is -1.57. The summed E-state index contributed by atoms with van der Waals surface area (Å²) in [6, 6.07) is 8.33. The largest absolute Gasteiger partial charge is 0.475 e. The standard InChI is InChI=1S/C29H26F3N5O3S/c1-3-8-29(31,32)21-14-18(7-6-17(21)16-33)36-26(39)28(9-5-10-28)37(27(36)41)19-13-20-24(22(30)15-19)34-23(4-2)35-25(20)40-12-11-38/h3,6-8,13-15,38H,4-5,9-12H2,1-2H3/b8-3+. The molecule has 41 heavy (non-hydrogen) atoms. The minimum Gasteiger partial charge on any atom is -0.475 e. The molecule has 1 saturated heterocycles. The van der Waals surface area contributed by atoms with Gasteiger partial charge in [0.15, 0.2) is 10.9 Å². The number of carbonyl (C=O) groups excluding carboxylic acids is 1. The van der Waals surface area contributed by atoms with Gasteiger partial charge in [-0.15, -0.1) is 0 Å². The molecule has 1 aliphatic heterocycles. The first-order chi connectivity index (χ1) is 19.6. The number of nitrogens with zero attached hydrogens (tertiary/aromatic N) is 5. The van der Waals surface area contributed by atoms with E-state index in [9.17, 15) is 23.9 Å². The molecule has 1 spiro atoms. The van der Waals surface area contributed by atoms with Crippen LogP contribution in [-0.2, 0) is 17.1 Å². The Hall–Kier alpha value is -4.08. The number of aliphatic hydroxyl groups excluding tert-OH is 1. The normalized spacial score (nSPS) is 16.6. The average molecular weight is 582 g/mol. The molecule has 0 bridgehead atoms. The zero-order valence-corrected chi connectivity index (χ0v) is 23.1. The quantitative estimate of drug-likeness (QED) is 0.282. The highest BCUT2D eigenvalue weighted by Crippen LogP contribution is 2.49. The first-order valence-electron chi connectivity index (χ1n) is 13.1. The van der Waals surface area contributed by atoms with E-state index in [2.05, 4.69) is 9.97 Å². The van der Waals surface area contributed by atoms with Crippen molar-refractivity contribution < 1.29 is 27.8 Å². The summed E-state index contributed by atoms with van der Waals surface area (Å²) in [6.07, 6.45) is 3.83. The van der Waals surface area contributed by atoms with Crippen LogP contribution < -0.4 is 14.5 Å². The molecule has 2 aromatic carbocycles. The van der Waals surface area contributed by atoms with E-state index in [1.165, 1.54) is 36.1 Å². The Bertz CT molecular complexity index is 1630. The van der Waals surface area contributed by atoms with Gasteiger partial charge in [0.25, 0.3) is 11.8 Å². The second-order valence-electron chi connectivity index (χ2n) is 9.80. The Morgan fingerprint density at radius 2 is 2.00 bits per heavy atom. The third kappa shape index (κ3) is 4.59. The summed E-state index contributed by atoms with van der Waals surface area (Å²) in [7, 11) is 0. The monoisotopic (exact) mass is 581 g/mol. The van der Waals surface area contributed by atoms with E-state index in [1.54, 1.807) is 17.0 Å². The highest BCUT2D eigenvalue weighted by molar-refractivity contribution is 7.81. The molecule has 2 fully saturated rings. The van der Waals surface area contributed by atoms with Gasteiger partial charge >= 0.3 is 0 Å². The highest BCUT2D eigenvalue weighted by Gasteiger charge is 2.59. The number of allylic oxidation sites excluding steroid dienone is 2. The summed E-state index contributed by atoms with van der Waals surface area (Å²) >= 11 is 5.76. The highest BCUT2D eigenvalue weighted by atomic mass is 32.1. The van der Waals surface area contributed by atoms with Crippen molar-refractivity contribution in [1.29, 1.82) is 5.26 Å². The number of hydrogen-bond acceptors (Lipinski definition) is 7. The smallest absolute Gasteiger partial charge is 0.293 e. The van der Waals surface area contributed by atoms with E-state index in [4.69, 9.17) is 17.0 Å². The van der Waals surface area contributed by atoms with Crippen LogP contribution in [0.3, 0.4) is 0 Å². The maximum atomic E-state index is 15.6. The van der Waals surface area contributed by atoms with Crippen LogP contribution in [0.15, 0.2) is 42.5 Å². The molecule has 0 atom stereocenters. The van der Waals surface area contributed by atoms with Gasteiger partial charge in [0.05, 0.1) is 29.3 Å². The molecule has 12 heteroatoms. The number of halogens is 3. The zero-order valence-electron chi connectivity index (χ0n) is 22.3. The van der Waals surface area contributed by atoms with Crippen molar-refractivity contribution in [2.75, 3.05) is 23.0 Å². The molecule has 2 heterocycles. The first-order valence-corrected chi connectivity index (χ1v) is 13.5. The lowest BCUT2D eigenvalue weighted by Crippen LogP contribution is -2.55. The van der Waals surface area contributed by atoms with Crippen molar-refractivity contribution >= 4 is 45.5 Å². The topological polar surface area (TPSA) is 103 Å². The van der Waals surface area contributed by atoms with E-state index < -0.39 is 28.7 Å². The average Bonchev–Trinajstić information content (AvgIpc) is 3.17. The second kappa shape index (κ2) is 10.7. The fourth-order valence-corrected chi connectivity index (χ4v) is 5.75. The van der Waals surface area contributed by atoms with Crippen LogP contribution in [0, 0.1) is 17.1 Å². The number of aliphatic hydroxyl groups is 1. The third-order valence-corrected chi connectivity index (χ3v) is 7.73. The van der Waals surface area contributed by atoms with Crippen LogP contribution in [-0.4, -0.2) is 44.8 Å². The van der Waals surface area contributed by atoms with Crippen molar-refractivity contribution in [3.63, 3.8) is 0 Å². The maximum Gasteiger partial charge on any atom is 0.293 e. The van der Waals surface area contributed by atoms with Gasteiger partial charge < -0.3 is 14.7 Å². The fraction of sp³-hybridized carbons (Fsp3) is 0.345. The molecule has 2 aliphatic rings. The van der Waals surface area contributed by atoms with E-state index in [0.717, 1.165) is 6.07 Å². The number of hydrogen-bond donors (Lipinski definition) is 1. The van der Waals surface area contributed by atoms with Crippen molar-refractivity contribution in [2.24, 2.45) is 0 Å². The number of nitriles is 1. The predicted octanol–water partition coefficient (Wildman–Crippen LogP) is 5.30. The van der Waals surface area contributed by atoms with Gasteiger partial charge in [-0.1, -0.05) is 13.0 Å². The van der Waals surface area contributed by atoms with Crippen molar-refractivity contribution in [3.8, 4) is 11.9 Å². The van der Waals surface area contributed by atoms with E-state index in [0.29, 0.717) is 37.6 Å². The molecular formula is C29H26F3N5O3S. The molecule has 1 saturated carbocycles. The number of rotatable bonds is 8. The van der Waals surface area contributed by atoms with Gasteiger partial charge in [-0.2, -0.15) is 19.0 Å². The fourth-order valence-electron chi connectivity index (χ4n) is 5.28. The second-order valence-corrected chi connectivity index (χ2v) is 10.2. The molecule has 0 unspecified atom stereocenters. The number of carbonyl (C=O) groups is 1. The molecular weight excluding hydrogens is 555 g/mol. The molecule has 212 valence electrons. The van der Waals surface area contributed by atoms with Gasteiger partial charge in [0, 0.05) is 17.7 Å². The van der Waals surface area contributed by atoms with Crippen molar-refractivity contribution in [1.82, 2.24) is 9.97 Å². The molecule has 0 radical (unpaired) electrons. The number of benzene rings is 2. The molecule has 1 N–H and O–H groups in total. The third-order valence-electron chi connectivity index (χ3n) is 7.36. The summed E-state index contributed by atoms with van der Waals surface area (Å²) in [6.45, 7) is 2.91. The molecule has 1 aromatic heterocycles. The number of anilines is 2. The van der Waals surface area contributed by atoms with Gasteiger partial charge in [0.2, 0.25) is 5.88 Å². The lowest BCUT2D eigenvalue weighted by Gasteiger charge is -2.43. The van der Waals surface area contributed by atoms with Crippen LogP contribution in [0.25, 0.3) is 10.9 Å². The summed E-state index contributed by atoms with van der Waals surface area (Å²) in [5, 5.41) is 19.0. The van der Waals surface area contributed by atoms with E-state index in [1.807, 2.05) is 6.92 Å². The summed E-state index contributed by atoms with van der Waals surface area (Å²) in [4.78, 5) is 25.3. The number of fused-ring (bicyclic) bond motifs is 1. The van der Waals surface area contributed by atoms with Gasteiger partial charge in [-0.05, 0) is 74.8 Å². The number of aromatic nitrogens is 2. The molecule has 5 rings (SSSR count). The lowest BCUT2D eigenvalue weighted by atomic mass is 9.75. The molecule has 1 aliphatic carbocycles. The minimum atomic E-state index is -3.46. The Balaban J connectivity index is 1.65. The van der Waals surface area contributed by atoms with E-state index >= 15 is 4.39 Å².